The van der Waals surface area contributed by atoms with E-state index in [0.717, 1.165) is 10.2 Å². The van der Waals surface area contributed by atoms with E-state index in [0.29, 0.717) is 11.4 Å². The molecule has 0 aliphatic heterocycles. The van der Waals surface area contributed by atoms with Gasteiger partial charge in [0.25, 0.3) is 0 Å². The van der Waals surface area contributed by atoms with Crippen molar-refractivity contribution in [3.63, 3.8) is 0 Å². The summed E-state index contributed by atoms with van der Waals surface area (Å²) in [6, 6.07) is 1.73. The fraction of sp³-hybridized carbons (Fsp3) is 0.364. The molecule has 0 saturated carbocycles. The first-order valence-corrected chi connectivity index (χ1v) is 5.25. The summed E-state index contributed by atoms with van der Waals surface area (Å²) in [5, 5.41) is 3.76. The molecule has 0 aliphatic rings. The van der Waals surface area contributed by atoms with Crippen molar-refractivity contribution in [3.05, 3.63) is 29.8 Å². The van der Waals surface area contributed by atoms with Crippen molar-refractivity contribution in [2.75, 3.05) is 0 Å². The van der Waals surface area contributed by atoms with Gasteiger partial charge in [-0.2, -0.15) is 18.3 Å². The third-order valence-electron chi connectivity index (χ3n) is 2.24. The highest BCUT2D eigenvalue weighted by atomic mass is 19.4. The van der Waals surface area contributed by atoms with Crippen LogP contribution in [0, 0.1) is 13.8 Å². The summed E-state index contributed by atoms with van der Waals surface area (Å²) < 4.78 is 38.1. The van der Waals surface area contributed by atoms with E-state index in [-0.39, 0.29) is 5.82 Å². The molecular formula is C11H11F3N4. The van der Waals surface area contributed by atoms with Crippen LogP contribution in [0.25, 0.3) is 11.4 Å². The van der Waals surface area contributed by atoms with Gasteiger partial charge in [-0.15, -0.1) is 0 Å². The molecule has 0 N–H and O–H groups in total. The zero-order valence-corrected chi connectivity index (χ0v) is 9.86. The number of aromatic nitrogens is 4. The number of nitrogens with zero attached hydrogens (tertiary/aromatic N) is 4. The lowest BCUT2D eigenvalue weighted by molar-refractivity contribution is -0.142. The van der Waals surface area contributed by atoms with Gasteiger partial charge in [0.05, 0.1) is 0 Å². The van der Waals surface area contributed by atoms with E-state index >= 15 is 0 Å². The fourth-order valence-corrected chi connectivity index (χ4v) is 1.63. The predicted octanol–water partition coefficient (Wildman–Crippen LogP) is 2.52. The number of hydrogen-bond donors (Lipinski definition) is 0. The minimum absolute atomic E-state index is 0.182. The van der Waals surface area contributed by atoms with Gasteiger partial charge in [-0.25, -0.2) is 9.67 Å². The zero-order valence-electron chi connectivity index (χ0n) is 9.86. The molecule has 96 valence electrons. The van der Waals surface area contributed by atoms with E-state index in [2.05, 4.69) is 15.1 Å². The Morgan fingerprint density at radius 3 is 2.56 bits per heavy atom. The second-order valence-electron chi connectivity index (χ2n) is 4.01. The van der Waals surface area contributed by atoms with Crippen LogP contribution in [0.5, 0.6) is 0 Å². The monoisotopic (exact) mass is 256 g/mol. The Hall–Kier alpha value is -1.92. The van der Waals surface area contributed by atoms with E-state index < -0.39 is 12.7 Å². The number of alkyl halides is 3. The Morgan fingerprint density at radius 1 is 1.22 bits per heavy atom. The van der Waals surface area contributed by atoms with Crippen molar-refractivity contribution in [1.29, 1.82) is 0 Å². The van der Waals surface area contributed by atoms with Gasteiger partial charge >= 0.3 is 6.18 Å². The highest BCUT2D eigenvalue weighted by Crippen LogP contribution is 2.22. The molecule has 0 amide bonds. The van der Waals surface area contributed by atoms with Gasteiger partial charge < -0.3 is 0 Å². The van der Waals surface area contributed by atoms with E-state index in [4.69, 9.17) is 0 Å². The summed E-state index contributed by atoms with van der Waals surface area (Å²) in [6.45, 7) is 2.21. The summed E-state index contributed by atoms with van der Waals surface area (Å²) in [5.74, 6) is 0.483. The summed E-state index contributed by atoms with van der Waals surface area (Å²) in [6.07, 6.45) is -1.23. The topological polar surface area (TPSA) is 43.6 Å². The molecule has 0 aliphatic carbocycles. The lowest BCUT2D eigenvalue weighted by Crippen LogP contribution is -2.19. The number of halogens is 3. The molecule has 2 rings (SSSR count). The smallest absolute Gasteiger partial charge is 0.264 e. The highest BCUT2D eigenvalue weighted by molar-refractivity contribution is 5.54. The van der Waals surface area contributed by atoms with Crippen molar-refractivity contribution in [3.8, 4) is 11.4 Å². The van der Waals surface area contributed by atoms with Crippen LogP contribution < -0.4 is 0 Å². The Kier molecular flexibility index (Phi) is 3.06. The molecule has 4 nitrogen and oxygen atoms in total. The molecule has 2 heterocycles. The molecule has 0 fully saturated rings. The van der Waals surface area contributed by atoms with Gasteiger partial charge in [-0.05, 0) is 25.5 Å². The number of aryl methyl sites for hydroxylation is 2. The fourth-order valence-electron chi connectivity index (χ4n) is 1.63. The maximum Gasteiger partial charge on any atom is 0.408 e. The number of rotatable bonds is 2. The van der Waals surface area contributed by atoms with Gasteiger partial charge in [0.2, 0.25) is 0 Å². The first kappa shape index (κ1) is 12.5. The average molecular weight is 256 g/mol. The van der Waals surface area contributed by atoms with Gasteiger partial charge in [0.1, 0.15) is 12.4 Å². The van der Waals surface area contributed by atoms with Crippen LogP contribution in [0.3, 0.4) is 0 Å². The van der Waals surface area contributed by atoms with Crippen LogP contribution in [-0.2, 0) is 6.54 Å². The van der Waals surface area contributed by atoms with Crippen LogP contribution in [0.2, 0.25) is 0 Å². The minimum atomic E-state index is -4.33. The Morgan fingerprint density at radius 2 is 1.94 bits per heavy atom. The standard InChI is InChI=1S/C11H11F3N4/c1-7-3-9(5-15-4-7)10-16-8(2)17-18(10)6-11(12,13)14/h3-5H,6H2,1-2H3. The number of hydrogen-bond acceptors (Lipinski definition) is 3. The second-order valence-corrected chi connectivity index (χ2v) is 4.01. The molecule has 0 unspecified atom stereocenters. The predicted molar refractivity (Wildman–Crippen MR) is 58.8 cm³/mol. The SMILES string of the molecule is Cc1cncc(-c2nc(C)nn2CC(F)(F)F)c1. The maximum absolute atomic E-state index is 12.4. The molecule has 2 aromatic heterocycles. The molecule has 0 spiro atoms. The van der Waals surface area contributed by atoms with E-state index in [1.165, 1.54) is 6.20 Å². The third-order valence-corrected chi connectivity index (χ3v) is 2.24. The molecule has 0 saturated heterocycles. The van der Waals surface area contributed by atoms with Crippen LogP contribution >= 0.6 is 0 Å². The van der Waals surface area contributed by atoms with Crippen LogP contribution in [-0.4, -0.2) is 25.9 Å². The summed E-state index contributed by atoms with van der Waals surface area (Å²) >= 11 is 0. The van der Waals surface area contributed by atoms with Gasteiger partial charge in [0, 0.05) is 18.0 Å². The Bertz CT molecular complexity index is 560. The molecule has 0 atom stereocenters. The van der Waals surface area contributed by atoms with E-state index in [1.807, 2.05) is 6.92 Å². The van der Waals surface area contributed by atoms with E-state index in [1.54, 1.807) is 19.2 Å². The maximum atomic E-state index is 12.4. The molecule has 0 radical (unpaired) electrons. The van der Waals surface area contributed by atoms with Gasteiger partial charge in [-0.1, -0.05) is 0 Å². The lowest BCUT2D eigenvalue weighted by atomic mass is 10.2. The van der Waals surface area contributed by atoms with Crippen molar-refractivity contribution >= 4 is 0 Å². The van der Waals surface area contributed by atoms with Crippen LogP contribution in [0.15, 0.2) is 18.5 Å². The van der Waals surface area contributed by atoms with Crippen molar-refractivity contribution in [1.82, 2.24) is 19.7 Å². The van der Waals surface area contributed by atoms with Crippen LogP contribution in [0.1, 0.15) is 11.4 Å². The molecule has 7 heteroatoms. The summed E-state index contributed by atoms with van der Waals surface area (Å²) in [4.78, 5) is 7.96. The highest BCUT2D eigenvalue weighted by Gasteiger charge is 2.30. The average Bonchev–Trinajstić information content (AvgIpc) is 2.56. The summed E-state index contributed by atoms with van der Waals surface area (Å²) in [5.41, 5.74) is 1.38. The first-order valence-electron chi connectivity index (χ1n) is 5.25. The molecule has 0 aromatic carbocycles. The second kappa shape index (κ2) is 4.40. The molecule has 2 aromatic rings. The molecule has 0 bridgehead atoms. The Labute approximate surface area is 101 Å². The van der Waals surface area contributed by atoms with Crippen molar-refractivity contribution in [2.24, 2.45) is 0 Å². The minimum Gasteiger partial charge on any atom is -0.264 e. The zero-order chi connectivity index (χ0) is 13.3. The summed E-state index contributed by atoms with van der Waals surface area (Å²) in [7, 11) is 0. The van der Waals surface area contributed by atoms with Crippen molar-refractivity contribution in [2.45, 2.75) is 26.6 Å². The largest absolute Gasteiger partial charge is 0.408 e. The first-order chi connectivity index (χ1) is 8.35. The third kappa shape index (κ3) is 2.85. The van der Waals surface area contributed by atoms with Crippen LogP contribution in [0.4, 0.5) is 13.2 Å². The molecule has 18 heavy (non-hydrogen) atoms. The lowest BCUT2D eigenvalue weighted by Gasteiger charge is -2.08. The van der Waals surface area contributed by atoms with Crippen molar-refractivity contribution < 1.29 is 13.2 Å². The van der Waals surface area contributed by atoms with Gasteiger partial charge in [0.15, 0.2) is 5.82 Å². The quantitative estimate of drug-likeness (QED) is 0.829. The Balaban J connectivity index is 2.44. The normalized spacial score (nSPS) is 11.8. The van der Waals surface area contributed by atoms with E-state index in [9.17, 15) is 13.2 Å². The van der Waals surface area contributed by atoms with Gasteiger partial charge in [-0.3, -0.25) is 4.98 Å². The number of pyridine rings is 1. The molecular weight excluding hydrogens is 245 g/mol.